The van der Waals surface area contributed by atoms with Crippen molar-refractivity contribution in [3.05, 3.63) is 12.7 Å². The molecule has 2 bridgehead atoms. The summed E-state index contributed by atoms with van der Waals surface area (Å²) in [7, 11) is 0. The van der Waals surface area contributed by atoms with Gasteiger partial charge >= 0.3 is 12.1 Å². The van der Waals surface area contributed by atoms with E-state index in [9.17, 15) is 19.8 Å². The van der Waals surface area contributed by atoms with Crippen molar-refractivity contribution in [1.29, 1.82) is 0 Å². The summed E-state index contributed by atoms with van der Waals surface area (Å²) < 4.78 is 14.3. The van der Waals surface area contributed by atoms with Gasteiger partial charge in [-0.25, -0.2) is 9.59 Å². The Morgan fingerprint density at radius 2 is 2.33 bits per heavy atom. The van der Waals surface area contributed by atoms with E-state index in [4.69, 9.17) is 9.47 Å². The average Bonchev–Trinajstić information content (AvgIpc) is 2.57. The Balaban J connectivity index is 1.99. The highest BCUT2D eigenvalue weighted by atomic mass is 16.7. The van der Waals surface area contributed by atoms with Gasteiger partial charge in [0.15, 0.2) is 5.60 Å². The Morgan fingerprint density at radius 3 is 3.00 bits per heavy atom. The molecule has 2 fully saturated rings. The maximum absolute atomic E-state index is 11.4. The van der Waals surface area contributed by atoms with E-state index < -0.39 is 36.0 Å². The zero-order valence-corrected chi connectivity index (χ0v) is 9.57. The second kappa shape index (κ2) is 4.58. The molecule has 100 valence electrons. The third-order valence-electron chi connectivity index (χ3n) is 3.04. The molecule has 1 saturated heterocycles. The first-order valence-corrected chi connectivity index (χ1v) is 5.52. The van der Waals surface area contributed by atoms with E-state index >= 15 is 0 Å². The number of fused-ring (bicyclic) bond motifs is 2. The molecule has 0 aromatic carbocycles. The number of esters is 1. The van der Waals surface area contributed by atoms with Crippen LogP contribution in [-0.2, 0) is 19.0 Å². The van der Waals surface area contributed by atoms with Crippen LogP contribution in [0.5, 0.6) is 0 Å². The fraction of sp³-hybridized carbons (Fsp3) is 0.636. The molecule has 1 saturated carbocycles. The normalized spacial score (nSPS) is 37.9. The van der Waals surface area contributed by atoms with Crippen molar-refractivity contribution in [3.63, 3.8) is 0 Å². The molecule has 1 aliphatic carbocycles. The summed E-state index contributed by atoms with van der Waals surface area (Å²) in [6, 6.07) is 0. The first kappa shape index (κ1) is 12.8. The quantitative estimate of drug-likeness (QED) is 0.520. The van der Waals surface area contributed by atoms with Crippen LogP contribution in [-0.4, -0.2) is 52.9 Å². The molecular weight excluding hydrogens is 244 g/mol. The second-order valence-corrected chi connectivity index (χ2v) is 4.38. The molecular formula is C11H14O7. The fourth-order valence-corrected chi connectivity index (χ4v) is 2.15. The lowest BCUT2D eigenvalue weighted by Crippen LogP contribution is -2.50. The highest BCUT2D eigenvalue weighted by Crippen LogP contribution is 2.39. The number of carbonyl (C=O) groups is 2. The highest BCUT2D eigenvalue weighted by Gasteiger charge is 2.58. The smallest absolute Gasteiger partial charge is 0.457 e. The lowest BCUT2D eigenvalue weighted by molar-refractivity contribution is -0.154. The molecule has 7 nitrogen and oxygen atoms in total. The summed E-state index contributed by atoms with van der Waals surface area (Å²) in [5.41, 5.74) is -1.69. The van der Waals surface area contributed by atoms with Gasteiger partial charge in [-0.1, -0.05) is 12.7 Å². The topological polar surface area (TPSA) is 102 Å². The van der Waals surface area contributed by atoms with Crippen LogP contribution in [0.25, 0.3) is 0 Å². The van der Waals surface area contributed by atoms with Gasteiger partial charge < -0.3 is 24.4 Å². The predicted octanol–water partition coefficient (Wildman–Crippen LogP) is -0.495. The van der Waals surface area contributed by atoms with Gasteiger partial charge in [0.05, 0.1) is 0 Å². The van der Waals surface area contributed by atoms with Gasteiger partial charge in [-0.3, -0.25) is 0 Å². The summed E-state index contributed by atoms with van der Waals surface area (Å²) >= 11 is 0. The lowest BCUT2D eigenvalue weighted by atomic mass is 9.82. The van der Waals surface area contributed by atoms with Crippen LogP contribution < -0.4 is 0 Å². The zero-order valence-electron chi connectivity index (χ0n) is 9.57. The van der Waals surface area contributed by atoms with Gasteiger partial charge in [0.2, 0.25) is 0 Å². The van der Waals surface area contributed by atoms with Crippen molar-refractivity contribution in [2.45, 2.75) is 36.8 Å². The summed E-state index contributed by atoms with van der Waals surface area (Å²) in [6.07, 6.45) is -2.86. The van der Waals surface area contributed by atoms with E-state index in [1.54, 1.807) is 0 Å². The summed E-state index contributed by atoms with van der Waals surface area (Å²) in [5.74, 6) is -0.794. The van der Waals surface area contributed by atoms with Gasteiger partial charge in [-0.15, -0.1) is 0 Å². The van der Waals surface area contributed by atoms with E-state index in [1.807, 2.05) is 0 Å². The van der Waals surface area contributed by atoms with Crippen LogP contribution in [0.15, 0.2) is 12.7 Å². The molecule has 2 aliphatic rings. The van der Waals surface area contributed by atoms with Gasteiger partial charge in [0.1, 0.15) is 24.9 Å². The maximum Gasteiger partial charge on any atom is 0.508 e. The third kappa shape index (κ3) is 2.19. The standard InChI is InChI=1S/C11H14O7/c1-2-3-16-10(14)18-7-5-11(15)4-6(8(7)12)17-9(11)13/h2,6-8,12,15H,1,3-5H2. The Hall–Kier alpha value is -1.60. The number of hydrogen-bond acceptors (Lipinski definition) is 7. The Labute approximate surface area is 103 Å². The minimum absolute atomic E-state index is 0.00850. The van der Waals surface area contributed by atoms with E-state index in [-0.39, 0.29) is 19.4 Å². The Kier molecular flexibility index (Phi) is 3.27. The second-order valence-electron chi connectivity index (χ2n) is 4.38. The van der Waals surface area contributed by atoms with E-state index in [0.29, 0.717) is 0 Å². The molecule has 2 N–H and O–H groups in total. The van der Waals surface area contributed by atoms with Crippen molar-refractivity contribution < 1.29 is 34.0 Å². The van der Waals surface area contributed by atoms with E-state index in [0.717, 1.165) is 0 Å². The average molecular weight is 258 g/mol. The summed E-state index contributed by atoms with van der Waals surface area (Å²) in [5, 5.41) is 19.8. The highest BCUT2D eigenvalue weighted by molar-refractivity contribution is 5.82. The zero-order chi connectivity index (χ0) is 13.3. The Bertz CT molecular complexity index is 380. The van der Waals surface area contributed by atoms with Gasteiger partial charge in [0, 0.05) is 12.8 Å². The van der Waals surface area contributed by atoms with Gasteiger partial charge in [-0.05, 0) is 0 Å². The van der Waals surface area contributed by atoms with Crippen LogP contribution in [0, 0.1) is 0 Å². The van der Waals surface area contributed by atoms with Crippen LogP contribution in [0.2, 0.25) is 0 Å². The Morgan fingerprint density at radius 1 is 1.61 bits per heavy atom. The molecule has 0 aromatic rings. The van der Waals surface area contributed by atoms with E-state index in [1.165, 1.54) is 6.08 Å². The van der Waals surface area contributed by atoms with Gasteiger partial charge in [0.25, 0.3) is 0 Å². The van der Waals surface area contributed by atoms with Crippen molar-refractivity contribution in [3.8, 4) is 0 Å². The maximum atomic E-state index is 11.4. The van der Waals surface area contributed by atoms with Crippen molar-refractivity contribution in [2.75, 3.05) is 6.61 Å². The SMILES string of the molecule is C=CCOC(=O)OC1CC2(O)CC(OC2=O)C1O. The molecule has 4 atom stereocenters. The number of aliphatic hydroxyl groups excluding tert-OH is 1. The van der Waals surface area contributed by atoms with Crippen LogP contribution >= 0.6 is 0 Å². The molecule has 0 aromatic heterocycles. The minimum Gasteiger partial charge on any atom is -0.457 e. The molecule has 1 aliphatic heterocycles. The lowest BCUT2D eigenvalue weighted by Gasteiger charge is -2.32. The van der Waals surface area contributed by atoms with Crippen molar-refractivity contribution in [1.82, 2.24) is 0 Å². The molecule has 18 heavy (non-hydrogen) atoms. The number of rotatable bonds is 3. The summed E-state index contributed by atoms with van der Waals surface area (Å²) in [6.45, 7) is 3.34. The summed E-state index contributed by atoms with van der Waals surface area (Å²) in [4.78, 5) is 22.6. The monoisotopic (exact) mass is 258 g/mol. The largest absolute Gasteiger partial charge is 0.508 e. The number of aliphatic hydroxyl groups is 2. The molecule has 1 heterocycles. The fourth-order valence-electron chi connectivity index (χ4n) is 2.15. The molecule has 2 rings (SSSR count). The minimum atomic E-state index is -1.69. The molecule has 4 unspecified atom stereocenters. The van der Waals surface area contributed by atoms with Crippen LogP contribution in [0.3, 0.4) is 0 Å². The molecule has 0 amide bonds. The van der Waals surface area contributed by atoms with Crippen molar-refractivity contribution in [2.24, 2.45) is 0 Å². The molecule has 0 spiro atoms. The molecule has 7 heteroatoms. The first-order chi connectivity index (χ1) is 8.46. The number of hydrogen-bond donors (Lipinski definition) is 2. The molecule has 0 radical (unpaired) electrons. The van der Waals surface area contributed by atoms with Gasteiger partial charge in [-0.2, -0.15) is 0 Å². The predicted molar refractivity (Wildman–Crippen MR) is 56.5 cm³/mol. The number of ether oxygens (including phenoxy) is 3. The van der Waals surface area contributed by atoms with Crippen LogP contribution in [0.4, 0.5) is 4.79 Å². The van der Waals surface area contributed by atoms with Crippen LogP contribution in [0.1, 0.15) is 12.8 Å². The van der Waals surface area contributed by atoms with Crippen molar-refractivity contribution >= 4 is 12.1 Å². The van der Waals surface area contributed by atoms with E-state index in [2.05, 4.69) is 11.3 Å². The third-order valence-corrected chi connectivity index (χ3v) is 3.04. The first-order valence-electron chi connectivity index (χ1n) is 5.52. The number of carbonyl (C=O) groups excluding carboxylic acids is 2.